The number of carbonyl (C=O) groups excluding carboxylic acids is 2. The van der Waals surface area contributed by atoms with Crippen LogP contribution in [-0.4, -0.2) is 40.7 Å². The van der Waals surface area contributed by atoms with Crippen molar-refractivity contribution in [2.24, 2.45) is 10.7 Å². The molecule has 0 aliphatic carbocycles. The SMILES string of the molecule is Cc1cc2cc(N=C(N)NC(=O)c3ccnc(C(=O)N4CCCC4)c3)ccc2o1. The third kappa shape index (κ3) is 4.11. The number of hydrogen-bond acceptors (Lipinski definition) is 5. The van der Waals surface area contributed by atoms with Gasteiger partial charge in [0.25, 0.3) is 11.8 Å². The number of benzene rings is 1. The monoisotopic (exact) mass is 391 g/mol. The van der Waals surface area contributed by atoms with Gasteiger partial charge in [0.15, 0.2) is 0 Å². The van der Waals surface area contributed by atoms with Crippen molar-refractivity contribution in [2.75, 3.05) is 13.1 Å². The lowest BCUT2D eigenvalue weighted by Crippen LogP contribution is -2.36. The molecule has 0 atom stereocenters. The van der Waals surface area contributed by atoms with Crippen LogP contribution in [0.3, 0.4) is 0 Å². The van der Waals surface area contributed by atoms with Crippen LogP contribution in [0.25, 0.3) is 11.0 Å². The molecule has 3 N–H and O–H groups in total. The summed E-state index contributed by atoms with van der Waals surface area (Å²) in [6, 6.07) is 10.3. The number of furan rings is 1. The Morgan fingerprint density at radius 2 is 1.97 bits per heavy atom. The summed E-state index contributed by atoms with van der Waals surface area (Å²) < 4.78 is 5.53. The standard InChI is InChI=1S/C21H21N5O3/c1-13-10-15-11-16(4-5-18(15)29-13)24-21(22)25-19(27)14-6-7-23-17(12-14)20(28)26-8-2-3-9-26/h4-7,10-12H,2-3,8-9H2,1H3,(H3,22,24,25,27). The predicted molar refractivity (Wildman–Crippen MR) is 109 cm³/mol. The van der Waals surface area contributed by atoms with Gasteiger partial charge < -0.3 is 15.1 Å². The van der Waals surface area contributed by atoms with Gasteiger partial charge in [-0.1, -0.05) is 0 Å². The maximum absolute atomic E-state index is 12.5. The molecule has 1 aliphatic heterocycles. The zero-order valence-corrected chi connectivity index (χ0v) is 16.0. The Labute approximate surface area is 167 Å². The summed E-state index contributed by atoms with van der Waals surface area (Å²) in [5, 5.41) is 3.45. The number of pyridine rings is 1. The molecular weight excluding hydrogens is 370 g/mol. The van der Waals surface area contributed by atoms with Gasteiger partial charge in [-0.3, -0.25) is 19.9 Å². The van der Waals surface area contributed by atoms with Gasteiger partial charge in [0, 0.05) is 30.2 Å². The van der Waals surface area contributed by atoms with Crippen LogP contribution < -0.4 is 11.1 Å². The highest BCUT2D eigenvalue weighted by molar-refractivity contribution is 6.06. The van der Waals surface area contributed by atoms with Crippen molar-refractivity contribution in [3.05, 3.63) is 59.6 Å². The fraction of sp³-hybridized carbons (Fsp3) is 0.238. The smallest absolute Gasteiger partial charge is 0.272 e. The van der Waals surface area contributed by atoms with Gasteiger partial charge in [0.2, 0.25) is 5.96 Å². The average molecular weight is 391 g/mol. The number of aromatic nitrogens is 1. The third-order valence-corrected chi connectivity index (χ3v) is 4.75. The molecule has 0 saturated carbocycles. The number of nitrogens with one attached hydrogen (secondary N) is 1. The van der Waals surface area contributed by atoms with Gasteiger partial charge in [0.1, 0.15) is 17.0 Å². The highest BCUT2D eigenvalue weighted by Crippen LogP contribution is 2.24. The van der Waals surface area contributed by atoms with Gasteiger partial charge >= 0.3 is 0 Å². The Balaban J connectivity index is 1.48. The predicted octanol–water partition coefficient (Wildman–Crippen LogP) is 2.75. The summed E-state index contributed by atoms with van der Waals surface area (Å²) in [7, 11) is 0. The first-order valence-corrected chi connectivity index (χ1v) is 9.40. The van der Waals surface area contributed by atoms with Crippen molar-refractivity contribution in [2.45, 2.75) is 19.8 Å². The number of carbonyl (C=O) groups is 2. The van der Waals surface area contributed by atoms with Crippen LogP contribution in [0.5, 0.6) is 0 Å². The van der Waals surface area contributed by atoms with Crippen LogP contribution in [0.15, 0.2) is 52.0 Å². The molecule has 0 spiro atoms. The quantitative estimate of drug-likeness (QED) is 0.526. The van der Waals surface area contributed by atoms with Crippen LogP contribution in [0.1, 0.15) is 39.4 Å². The van der Waals surface area contributed by atoms with E-state index >= 15 is 0 Å². The van der Waals surface area contributed by atoms with Crippen molar-refractivity contribution >= 4 is 34.4 Å². The van der Waals surface area contributed by atoms with Gasteiger partial charge in [-0.25, -0.2) is 4.99 Å². The molecule has 0 bridgehead atoms. The molecule has 0 radical (unpaired) electrons. The Hall–Kier alpha value is -3.68. The zero-order valence-electron chi connectivity index (χ0n) is 16.0. The van der Waals surface area contributed by atoms with E-state index in [0.717, 1.165) is 42.7 Å². The maximum atomic E-state index is 12.5. The van der Waals surface area contributed by atoms with Crippen molar-refractivity contribution in [3.8, 4) is 0 Å². The summed E-state index contributed by atoms with van der Waals surface area (Å²) in [4.78, 5) is 35.1. The van der Waals surface area contributed by atoms with Gasteiger partial charge in [-0.2, -0.15) is 0 Å². The van der Waals surface area contributed by atoms with Crippen molar-refractivity contribution in [1.29, 1.82) is 0 Å². The molecule has 0 unspecified atom stereocenters. The van der Waals surface area contributed by atoms with Crippen molar-refractivity contribution in [1.82, 2.24) is 15.2 Å². The fourth-order valence-electron chi connectivity index (χ4n) is 3.36. The zero-order chi connectivity index (χ0) is 20.4. The van der Waals surface area contributed by atoms with Crippen molar-refractivity contribution in [3.63, 3.8) is 0 Å². The number of likely N-dealkylation sites (tertiary alicyclic amines) is 1. The Morgan fingerprint density at radius 1 is 1.17 bits per heavy atom. The summed E-state index contributed by atoms with van der Waals surface area (Å²) in [5.41, 5.74) is 7.79. The molecule has 3 heterocycles. The van der Waals surface area contributed by atoms with Gasteiger partial charge in [-0.15, -0.1) is 0 Å². The van der Waals surface area contributed by atoms with E-state index in [1.807, 2.05) is 19.1 Å². The molecule has 29 heavy (non-hydrogen) atoms. The first-order chi connectivity index (χ1) is 14.0. The molecule has 2 amide bonds. The van der Waals surface area contributed by atoms with Crippen LogP contribution in [0.4, 0.5) is 5.69 Å². The number of amides is 2. The lowest BCUT2D eigenvalue weighted by Gasteiger charge is -2.14. The third-order valence-electron chi connectivity index (χ3n) is 4.75. The van der Waals surface area contributed by atoms with E-state index in [4.69, 9.17) is 10.2 Å². The van der Waals surface area contributed by atoms with Crippen LogP contribution in [0, 0.1) is 6.92 Å². The second-order valence-corrected chi connectivity index (χ2v) is 6.96. The van der Waals surface area contributed by atoms with E-state index in [-0.39, 0.29) is 17.6 Å². The largest absolute Gasteiger partial charge is 0.461 e. The number of nitrogens with two attached hydrogens (primary N) is 1. The molecule has 2 aromatic heterocycles. The second-order valence-electron chi connectivity index (χ2n) is 6.96. The van der Waals surface area contributed by atoms with Crippen molar-refractivity contribution < 1.29 is 14.0 Å². The number of rotatable bonds is 3. The lowest BCUT2D eigenvalue weighted by molar-refractivity contribution is 0.0787. The number of fused-ring (bicyclic) bond motifs is 1. The van der Waals surface area contributed by atoms with Gasteiger partial charge in [0.05, 0.1) is 5.69 Å². The normalized spacial score (nSPS) is 14.4. The number of aliphatic imine (C=N–C) groups is 1. The molecule has 1 fully saturated rings. The van der Waals surface area contributed by atoms with E-state index in [9.17, 15) is 9.59 Å². The number of nitrogens with zero attached hydrogens (tertiary/aromatic N) is 3. The first-order valence-electron chi connectivity index (χ1n) is 9.40. The van der Waals surface area contributed by atoms with E-state index in [0.29, 0.717) is 11.3 Å². The minimum atomic E-state index is -0.454. The fourth-order valence-corrected chi connectivity index (χ4v) is 3.36. The number of aryl methyl sites for hydroxylation is 1. The molecule has 4 rings (SSSR count). The highest BCUT2D eigenvalue weighted by Gasteiger charge is 2.21. The van der Waals surface area contributed by atoms with E-state index in [1.54, 1.807) is 17.0 Å². The first kappa shape index (κ1) is 18.7. The van der Waals surface area contributed by atoms with E-state index in [1.165, 1.54) is 18.3 Å². The molecule has 148 valence electrons. The Kier molecular flexibility index (Phi) is 4.99. The van der Waals surface area contributed by atoms with E-state index in [2.05, 4.69) is 15.3 Å². The van der Waals surface area contributed by atoms with Crippen LogP contribution in [-0.2, 0) is 0 Å². The Morgan fingerprint density at radius 3 is 2.76 bits per heavy atom. The van der Waals surface area contributed by atoms with Gasteiger partial charge in [-0.05, 0) is 56.2 Å². The average Bonchev–Trinajstić information content (AvgIpc) is 3.36. The Bertz CT molecular complexity index is 1110. The molecular formula is C21H21N5O3. The summed E-state index contributed by atoms with van der Waals surface area (Å²) in [5.74, 6) is 0.144. The van der Waals surface area contributed by atoms with E-state index < -0.39 is 5.91 Å². The summed E-state index contributed by atoms with van der Waals surface area (Å²) in [6.45, 7) is 3.31. The number of guanidine groups is 1. The molecule has 8 heteroatoms. The van der Waals surface area contributed by atoms with Crippen LogP contribution in [0.2, 0.25) is 0 Å². The molecule has 1 saturated heterocycles. The topological polar surface area (TPSA) is 114 Å². The van der Waals surface area contributed by atoms with Crippen LogP contribution >= 0.6 is 0 Å². The summed E-state index contributed by atoms with van der Waals surface area (Å²) in [6.07, 6.45) is 3.42. The summed E-state index contributed by atoms with van der Waals surface area (Å²) >= 11 is 0. The second kappa shape index (κ2) is 7.75. The maximum Gasteiger partial charge on any atom is 0.272 e. The lowest BCUT2D eigenvalue weighted by atomic mass is 10.2. The highest BCUT2D eigenvalue weighted by atomic mass is 16.3. The number of hydrogen-bond donors (Lipinski definition) is 2. The minimum Gasteiger partial charge on any atom is -0.461 e. The molecule has 1 aliphatic rings. The minimum absolute atomic E-state index is 0.0428. The molecule has 1 aromatic carbocycles. The molecule has 3 aromatic rings. The molecule has 8 nitrogen and oxygen atoms in total.